The first-order valence-electron chi connectivity index (χ1n) is 14.7. The minimum atomic E-state index is -0.881. The van der Waals surface area contributed by atoms with Crippen molar-refractivity contribution in [3.63, 3.8) is 0 Å². The number of pyridine rings is 3. The van der Waals surface area contributed by atoms with Crippen molar-refractivity contribution in [2.24, 2.45) is 0 Å². The van der Waals surface area contributed by atoms with Crippen LogP contribution in [0.2, 0.25) is 0 Å². The van der Waals surface area contributed by atoms with Gasteiger partial charge in [-0.15, -0.1) is 0 Å². The summed E-state index contributed by atoms with van der Waals surface area (Å²) in [6.07, 6.45) is 1.15. The average Bonchev–Trinajstić information content (AvgIpc) is 2.96. The summed E-state index contributed by atoms with van der Waals surface area (Å²) >= 11 is 0. The van der Waals surface area contributed by atoms with E-state index in [0.717, 1.165) is 12.1 Å². The number of benzene rings is 1. The Balaban J connectivity index is 1.79. The van der Waals surface area contributed by atoms with Crippen molar-refractivity contribution in [3.8, 4) is 23.0 Å². The van der Waals surface area contributed by atoms with Crippen molar-refractivity contribution in [3.05, 3.63) is 75.3 Å². The molecule has 3 aromatic heterocycles. The number of nitriles is 1. The van der Waals surface area contributed by atoms with Crippen molar-refractivity contribution >= 4 is 28.5 Å². The molecule has 0 radical (unpaired) electrons. The molecule has 1 saturated heterocycles. The number of nitrogens with two attached hydrogens (primary N) is 1. The van der Waals surface area contributed by atoms with Crippen molar-refractivity contribution in [1.29, 1.82) is 5.26 Å². The number of piperazine rings is 1. The van der Waals surface area contributed by atoms with Gasteiger partial charge in [0.2, 0.25) is 0 Å². The van der Waals surface area contributed by atoms with Crippen LogP contribution >= 0.6 is 0 Å². The molecule has 0 aliphatic carbocycles. The van der Waals surface area contributed by atoms with Crippen LogP contribution in [-0.2, 0) is 4.74 Å². The minimum Gasteiger partial charge on any atom is -0.444 e. The first-order chi connectivity index (χ1) is 21.2. The molecule has 0 spiro atoms. The number of amides is 1. The number of carbonyl (C=O) groups excluding carboxylic acids is 1. The standard InChI is InChI=1S/C33H35F2N7O3/c1-18(2)26-28(19(3)10-11-38-26)42-30-20(16-23(35)27(39-30)25-22(34)8-7-9-24(25)37)29(21(17-36)31(42)43)40-12-14-41(15-13-40)32(44)45-33(4,5)6/h7-11,16,18H,12-15,37H2,1-6H3. The lowest BCUT2D eigenvalue weighted by Crippen LogP contribution is -2.50. The quantitative estimate of drug-likeness (QED) is 0.291. The van der Waals surface area contributed by atoms with Gasteiger partial charge in [-0.2, -0.15) is 5.26 Å². The van der Waals surface area contributed by atoms with Crippen molar-refractivity contribution < 1.29 is 18.3 Å². The van der Waals surface area contributed by atoms with E-state index >= 15 is 8.78 Å². The summed E-state index contributed by atoms with van der Waals surface area (Å²) in [4.78, 5) is 39.5. The molecule has 1 amide bonds. The number of halogens is 2. The fourth-order valence-corrected chi connectivity index (χ4v) is 5.59. The second-order valence-corrected chi connectivity index (χ2v) is 12.3. The van der Waals surface area contributed by atoms with Crippen LogP contribution < -0.4 is 16.2 Å². The number of aromatic nitrogens is 3. The Morgan fingerprint density at radius 1 is 1.09 bits per heavy atom. The van der Waals surface area contributed by atoms with E-state index in [0.29, 0.717) is 16.9 Å². The molecule has 12 heteroatoms. The van der Waals surface area contributed by atoms with Gasteiger partial charge in [0.25, 0.3) is 5.56 Å². The molecular formula is C33H35F2N7O3. The third-order valence-electron chi connectivity index (χ3n) is 7.64. The molecule has 0 atom stereocenters. The van der Waals surface area contributed by atoms with Crippen LogP contribution in [0.1, 0.15) is 57.4 Å². The van der Waals surface area contributed by atoms with Crippen molar-refractivity contribution in [2.75, 3.05) is 36.8 Å². The molecule has 0 saturated carbocycles. The number of nitrogen functional groups attached to an aromatic ring is 1. The highest BCUT2D eigenvalue weighted by atomic mass is 19.1. The van der Waals surface area contributed by atoms with Crippen LogP contribution in [0.4, 0.5) is 25.0 Å². The monoisotopic (exact) mass is 615 g/mol. The summed E-state index contributed by atoms with van der Waals surface area (Å²) in [7, 11) is 0. The zero-order valence-electron chi connectivity index (χ0n) is 26.1. The van der Waals surface area contributed by atoms with Crippen LogP contribution in [0, 0.1) is 29.9 Å². The maximum absolute atomic E-state index is 16.0. The summed E-state index contributed by atoms with van der Waals surface area (Å²) in [5.74, 6) is -1.79. The molecule has 1 fully saturated rings. The van der Waals surface area contributed by atoms with E-state index in [-0.39, 0.29) is 71.3 Å². The third-order valence-corrected chi connectivity index (χ3v) is 7.64. The molecular weight excluding hydrogens is 580 g/mol. The van der Waals surface area contributed by atoms with E-state index in [2.05, 4.69) is 9.97 Å². The van der Waals surface area contributed by atoms with Crippen LogP contribution in [0.25, 0.3) is 28.0 Å². The van der Waals surface area contributed by atoms with Gasteiger partial charge >= 0.3 is 6.09 Å². The Bertz CT molecular complexity index is 1900. The molecule has 45 heavy (non-hydrogen) atoms. The number of fused-ring (bicyclic) bond motifs is 1. The van der Waals surface area contributed by atoms with Gasteiger partial charge in [-0.25, -0.2) is 18.6 Å². The normalized spacial score (nSPS) is 13.8. The molecule has 5 rings (SSSR count). The summed E-state index contributed by atoms with van der Waals surface area (Å²) in [5, 5.41) is 10.6. The van der Waals surface area contributed by atoms with Crippen LogP contribution in [0.15, 0.2) is 41.3 Å². The summed E-state index contributed by atoms with van der Waals surface area (Å²) in [5.41, 5.74) is 5.73. The number of aryl methyl sites for hydroxylation is 1. The summed E-state index contributed by atoms with van der Waals surface area (Å²) in [6.45, 7) is 11.9. The predicted molar refractivity (Wildman–Crippen MR) is 168 cm³/mol. The molecule has 1 aliphatic heterocycles. The van der Waals surface area contributed by atoms with Gasteiger partial charge in [0, 0.05) is 43.4 Å². The van der Waals surface area contributed by atoms with E-state index in [1.54, 1.807) is 49.8 Å². The molecule has 234 valence electrons. The number of hydrogen-bond donors (Lipinski definition) is 1. The van der Waals surface area contributed by atoms with E-state index in [9.17, 15) is 14.9 Å². The topological polar surface area (TPSA) is 130 Å². The van der Waals surface area contributed by atoms with Gasteiger partial charge in [-0.3, -0.25) is 14.3 Å². The van der Waals surface area contributed by atoms with Gasteiger partial charge in [0.1, 0.15) is 28.7 Å². The van der Waals surface area contributed by atoms with Gasteiger partial charge in [-0.1, -0.05) is 19.9 Å². The Hall–Kier alpha value is -5.05. The number of hydrogen-bond acceptors (Lipinski definition) is 8. The van der Waals surface area contributed by atoms with E-state index in [1.165, 1.54) is 16.7 Å². The lowest BCUT2D eigenvalue weighted by Gasteiger charge is -2.37. The third kappa shape index (κ3) is 5.78. The largest absolute Gasteiger partial charge is 0.444 e. The molecule has 0 unspecified atom stereocenters. The lowest BCUT2D eigenvalue weighted by atomic mass is 10.0. The van der Waals surface area contributed by atoms with Crippen LogP contribution in [-0.4, -0.2) is 57.3 Å². The second kappa shape index (κ2) is 11.8. The highest BCUT2D eigenvalue weighted by Gasteiger charge is 2.31. The smallest absolute Gasteiger partial charge is 0.410 e. The molecule has 2 N–H and O–H groups in total. The van der Waals surface area contributed by atoms with E-state index in [1.807, 2.05) is 19.9 Å². The zero-order valence-corrected chi connectivity index (χ0v) is 26.1. The van der Waals surface area contributed by atoms with Gasteiger partial charge in [-0.05, 0) is 63.4 Å². The molecule has 4 aromatic rings. The number of nitrogens with zero attached hydrogens (tertiary/aromatic N) is 6. The highest BCUT2D eigenvalue weighted by Crippen LogP contribution is 2.37. The van der Waals surface area contributed by atoms with Crippen molar-refractivity contribution in [2.45, 2.75) is 53.1 Å². The highest BCUT2D eigenvalue weighted by molar-refractivity contribution is 5.96. The maximum atomic E-state index is 16.0. The van der Waals surface area contributed by atoms with E-state index in [4.69, 9.17) is 10.5 Å². The fraction of sp³-hybridized carbons (Fsp3) is 0.364. The molecule has 10 nitrogen and oxygen atoms in total. The van der Waals surface area contributed by atoms with Crippen molar-refractivity contribution in [1.82, 2.24) is 19.4 Å². The first kappa shape index (κ1) is 31.4. The Kier molecular flexibility index (Phi) is 8.23. The van der Waals surface area contributed by atoms with E-state index < -0.39 is 28.9 Å². The van der Waals surface area contributed by atoms with Gasteiger partial charge < -0.3 is 20.3 Å². The Labute approximate surface area is 259 Å². The minimum absolute atomic E-state index is 0.0145. The van der Waals surface area contributed by atoms with Crippen LogP contribution in [0.3, 0.4) is 0 Å². The van der Waals surface area contributed by atoms with Gasteiger partial charge in [0.15, 0.2) is 11.5 Å². The number of carbonyl (C=O) groups is 1. The predicted octanol–water partition coefficient (Wildman–Crippen LogP) is 5.67. The Morgan fingerprint density at radius 2 is 1.78 bits per heavy atom. The molecule has 0 bridgehead atoms. The zero-order chi connectivity index (χ0) is 32.8. The SMILES string of the molecule is Cc1ccnc(C(C)C)c1-n1c(=O)c(C#N)c(N2CCN(C(=O)OC(C)(C)C)CC2)c2cc(F)c(-c3c(N)cccc3F)nc21. The first-order valence-corrected chi connectivity index (χ1v) is 14.7. The molecule has 4 heterocycles. The number of rotatable bonds is 4. The van der Waals surface area contributed by atoms with Gasteiger partial charge in [0.05, 0.1) is 22.6 Å². The van der Waals surface area contributed by atoms with Crippen LogP contribution in [0.5, 0.6) is 0 Å². The fourth-order valence-electron chi connectivity index (χ4n) is 5.59. The molecule has 1 aromatic carbocycles. The Morgan fingerprint density at radius 3 is 2.38 bits per heavy atom. The number of anilines is 2. The lowest BCUT2D eigenvalue weighted by molar-refractivity contribution is 0.0240. The maximum Gasteiger partial charge on any atom is 0.410 e. The summed E-state index contributed by atoms with van der Waals surface area (Å²) in [6, 6.07) is 8.94. The summed E-state index contributed by atoms with van der Waals surface area (Å²) < 4.78 is 37.9. The number of ether oxygens (including phenoxy) is 1. The molecule has 1 aliphatic rings. The average molecular weight is 616 g/mol. The second-order valence-electron chi connectivity index (χ2n) is 12.3.